The molecule has 1 aromatic rings. The van der Waals surface area contributed by atoms with Gasteiger partial charge >= 0.3 is 0 Å². The second-order valence-electron chi connectivity index (χ2n) is 4.47. The molecule has 0 saturated heterocycles. The molecule has 2 heteroatoms. The van der Waals surface area contributed by atoms with E-state index in [1.165, 1.54) is 0 Å². The van der Waals surface area contributed by atoms with E-state index >= 15 is 0 Å². The Bertz CT molecular complexity index is 386. The van der Waals surface area contributed by atoms with Gasteiger partial charge in [0.05, 0.1) is 11.3 Å². The molecule has 0 spiro atoms. The number of nitriles is 1. The number of anilines is 1. The lowest BCUT2D eigenvalue weighted by Gasteiger charge is -2.27. The van der Waals surface area contributed by atoms with E-state index < -0.39 is 0 Å². The van der Waals surface area contributed by atoms with Gasteiger partial charge in [-0.2, -0.15) is 5.26 Å². The fourth-order valence-corrected chi connectivity index (χ4v) is 1.35. The van der Waals surface area contributed by atoms with Crippen LogP contribution in [0.15, 0.2) is 18.2 Å². The Morgan fingerprint density at radius 3 is 2.60 bits per heavy atom. The van der Waals surface area contributed by atoms with Crippen LogP contribution >= 0.6 is 0 Å². The number of hydrogen-bond acceptors (Lipinski definition) is 2. The molecule has 0 aliphatic rings. The summed E-state index contributed by atoms with van der Waals surface area (Å²) in [6.07, 6.45) is 1.02. The van der Waals surface area contributed by atoms with Crippen LogP contribution in [0.5, 0.6) is 0 Å². The largest absolute Gasteiger partial charge is 0.379 e. The first kappa shape index (κ1) is 11.6. The van der Waals surface area contributed by atoms with E-state index in [4.69, 9.17) is 5.26 Å². The first-order valence-corrected chi connectivity index (χ1v) is 5.28. The van der Waals surface area contributed by atoms with Crippen LogP contribution in [0.1, 0.15) is 38.3 Å². The Labute approximate surface area is 91.9 Å². The minimum Gasteiger partial charge on any atom is -0.379 e. The highest BCUT2D eigenvalue weighted by atomic mass is 15.0. The standard InChI is InChI=1S/C13H18N2/c1-5-13(3,4)15-12-10(2)7-6-8-11(12)9-14/h6-8,15H,5H2,1-4H3. The molecule has 1 N–H and O–H groups in total. The third-order valence-corrected chi connectivity index (χ3v) is 2.74. The van der Waals surface area contributed by atoms with Crippen LogP contribution in [0.3, 0.4) is 0 Å². The highest BCUT2D eigenvalue weighted by molar-refractivity contribution is 5.63. The molecule has 0 fully saturated rings. The molecule has 0 aliphatic heterocycles. The highest BCUT2D eigenvalue weighted by Crippen LogP contribution is 2.24. The van der Waals surface area contributed by atoms with E-state index in [1.807, 2.05) is 25.1 Å². The fourth-order valence-electron chi connectivity index (χ4n) is 1.35. The van der Waals surface area contributed by atoms with E-state index in [0.29, 0.717) is 0 Å². The smallest absolute Gasteiger partial charge is 0.101 e. The van der Waals surface area contributed by atoms with Crippen molar-refractivity contribution in [2.24, 2.45) is 0 Å². The van der Waals surface area contributed by atoms with Crippen molar-refractivity contribution in [1.82, 2.24) is 0 Å². The third kappa shape index (κ3) is 2.73. The summed E-state index contributed by atoms with van der Waals surface area (Å²) in [7, 11) is 0. The Hall–Kier alpha value is -1.49. The Balaban J connectivity index is 3.09. The van der Waals surface area contributed by atoms with Gasteiger partial charge in [0, 0.05) is 5.54 Å². The molecule has 0 unspecified atom stereocenters. The van der Waals surface area contributed by atoms with Crippen LogP contribution in [0.4, 0.5) is 5.69 Å². The molecule has 0 amide bonds. The van der Waals surface area contributed by atoms with E-state index in [2.05, 4.69) is 32.2 Å². The Kier molecular flexibility index (Phi) is 3.36. The molecule has 1 aromatic carbocycles. The number of hydrogen-bond donors (Lipinski definition) is 1. The minimum atomic E-state index is 0.0255. The predicted octanol–water partition coefficient (Wildman–Crippen LogP) is 3.47. The normalized spacial score (nSPS) is 10.9. The lowest BCUT2D eigenvalue weighted by molar-refractivity contribution is 0.547. The first-order valence-electron chi connectivity index (χ1n) is 5.28. The lowest BCUT2D eigenvalue weighted by atomic mass is 9.99. The monoisotopic (exact) mass is 202 g/mol. The molecule has 0 heterocycles. The van der Waals surface area contributed by atoms with Crippen LogP contribution in [0.2, 0.25) is 0 Å². The van der Waals surface area contributed by atoms with Crippen LogP contribution < -0.4 is 5.32 Å². The van der Waals surface area contributed by atoms with Gasteiger partial charge < -0.3 is 5.32 Å². The quantitative estimate of drug-likeness (QED) is 0.814. The number of nitrogens with zero attached hydrogens (tertiary/aromatic N) is 1. The van der Waals surface area contributed by atoms with Crippen LogP contribution in [-0.4, -0.2) is 5.54 Å². The van der Waals surface area contributed by atoms with Gasteiger partial charge in [-0.05, 0) is 38.8 Å². The van der Waals surface area contributed by atoms with E-state index in [0.717, 1.165) is 23.2 Å². The summed E-state index contributed by atoms with van der Waals surface area (Å²) in [5.41, 5.74) is 2.83. The number of para-hydroxylation sites is 1. The van der Waals surface area contributed by atoms with Gasteiger partial charge in [0.1, 0.15) is 6.07 Å². The predicted molar refractivity (Wildman–Crippen MR) is 63.9 cm³/mol. The minimum absolute atomic E-state index is 0.0255. The van der Waals surface area contributed by atoms with Crippen molar-refractivity contribution in [3.63, 3.8) is 0 Å². The van der Waals surface area contributed by atoms with Gasteiger partial charge in [0.25, 0.3) is 0 Å². The van der Waals surface area contributed by atoms with Gasteiger partial charge in [-0.1, -0.05) is 19.1 Å². The molecule has 0 radical (unpaired) electrons. The zero-order valence-electron chi connectivity index (χ0n) is 9.89. The van der Waals surface area contributed by atoms with Gasteiger partial charge in [-0.25, -0.2) is 0 Å². The average Bonchev–Trinajstić information content (AvgIpc) is 2.21. The van der Waals surface area contributed by atoms with Crippen LogP contribution in [-0.2, 0) is 0 Å². The molecule has 0 aromatic heterocycles. The van der Waals surface area contributed by atoms with Gasteiger partial charge in [0.2, 0.25) is 0 Å². The maximum absolute atomic E-state index is 9.02. The van der Waals surface area contributed by atoms with Crippen molar-refractivity contribution < 1.29 is 0 Å². The summed E-state index contributed by atoms with van der Waals surface area (Å²) in [5.74, 6) is 0. The summed E-state index contributed by atoms with van der Waals surface area (Å²) >= 11 is 0. The fraction of sp³-hybridized carbons (Fsp3) is 0.462. The van der Waals surface area contributed by atoms with E-state index in [9.17, 15) is 0 Å². The molecular weight excluding hydrogens is 184 g/mol. The summed E-state index contributed by atoms with van der Waals surface area (Å²) in [6, 6.07) is 8.01. The van der Waals surface area contributed by atoms with Crippen molar-refractivity contribution in [2.45, 2.75) is 39.7 Å². The molecular formula is C13H18N2. The third-order valence-electron chi connectivity index (χ3n) is 2.74. The van der Waals surface area contributed by atoms with Gasteiger partial charge in [-0.3, -0.25) is 0 Å². The second kappa shape index (κ2) is 4.35. The molecule has 0 saturated carbocycles. The van der Waals surface area contributed by atoms with Crippen molar-refractivity contribution in [2.75, 3.05) is 5.32 Å². The molecule has 15 heavy (non-hydrogen) atoms. The zero-order valence-corrected chi connectivity index (χ0v) is 9.89. The SMILES string of the molecule is CCC(C)(C)Nc1c(C)cccc1C#N. The highest BCUT2D eigenvalue weighted by Gasteiger charge is 2.17. The van der Waals surface area contributed by atoms with E-state index in [-0.39, 0.29) is 5.54 Å². The van der Waals surface area contributed by atoms with Gasteiger partial charge in [-0.15, -0.1) is 0 Å². The van der Waals surface area contributed by atoms with Crippen molar-refractivity contribution in [1.29, 1.82) is 5.26 Å². The number of nitrogens with one attached hydrogen (secondary N) is 1. The summed E-state index contributed by atoms with van der Waals surface area (Å²) in [4.78, 5) is 0. The molecule has 0 bridgehead atoms. The topological polar surface area (TPSA) is 35.8 Å². The first-order chi connectivity index (χ1) is 7.00. The van der Waals surface area contributed by atoms with Crippen molar-refractivity contribution >= 4 is 5.69 Å². The Morgan fingerprint density at radius 1 is 1.40 bits per heavy atom. The maximum atomic E-state index is 9.02. The van der Waals surface area contributed by atoms with Crippen molar-refractivity contribution in [3.05, 3.63) is 29.3 Å². The van der Waals surface area contributed by atoms with Crippen LogP contribution in [0, 0.1) is 18.3 Å². The molecule has 0 aliphatic carbocycles. The summed E-state index contributed by atoms with van der Waals surface area (Å²) < 4.78 is 0. The second-order valence-corrected chi connectivity index (χ2v) is 4.47. The zero-order chi connectivity index (χ0) is 11.5. The lowest BCUT2D eigenvalue weighted by Crippen LogP contribution is -2.30. The number of aryl methyl sites for hydroxylation is 1. The molecule has 0 atom stereocenters. The molecule has 1 rings (SSSR count). The van der Waals surface area contributed by atoms with Gasteiger partial charge in [0.15, 0.2) is 0 Å². The van der Waals surface area contributed by atoms with Crippen LogP contribution in [0.25, 0.3) is 0 Å². The maximum Gasteiger partial charge on any atom is 0.101 e. The molecule has 2 nitrogen and oxygen atoms in total. The average molecular weight is 202 g/mol. The van der Waals surface area contributed by atoms with Crippen molar-refractivity contribution in [3.8, 4) is 6.07 Å². The summed E-state index contributed by atoms with van der Waals surface area (Å²) in [5, 5.41) is 12.5. The molecule has 80 valence electrons. The number of benzene rings is 1. The summed E-state index contributed by atoms with van der Waals surface area (Å²) in [6.45, 7) is 8.44. The Morgan fingerprint density at radius 2 is 2.07 bits per heavy atom. The number of rotatable bonds is 3. The van der Waals surface area contributed by atoms with E-state index in [1.54, 1.807) is 0 Å².